The molecule has 0 amide bonds. The zero-order chi connectivity index (χ0) is 22.2. The van der Waals surface area contributed by atoms with Crippen LogP contribution in [0.25, 0.3) is 5.65 Å². The van der Waals surface area contributed by atoms with E-state index in [0.29, 0.717) is 46.4 Å². The van der Waals surface area contributed by atoms with Crippen molar-refractivity contribution in [3.8, 4) is 0 Å². The molecule has 0 spiro atoms. The molecule has 4 heterocycles. The smallest absolute Gasteiger partial charge is 0.183 e. The highest BCUT2D eigenvalue weighted by atomic mass is 35.5. The molecule has 0 unspecified atom stereocenters. The van der Waals surface area contributed by atoms with E-state index in [1.807, 2.05) is 4.90 Å². The van der Waals surface area contributed by atoms with E-state index in [-0.39, 0.29) is 11.9 Å². The van der Waals surface area contributed by atoms with E-state index in [1.165, 1.54) is 6.07 Å². The van der Waals surface area contributed by atoms with Crippen molar-refractivity contribution < 1.29 is 8.78 Å². The first-order valence-corrected chi connectivity index (χ1v) is 10.4. The summed E-state index contributed by atoms with van der Waals surface area (Å²) in [7, 11) is 0. The summed E-state index contributed by atoms with van der Waals surface area (Å²) in [6, 6.07) is 8.29. The largest absolute Gasteiger partial charge is 0.382 e. The number of hydrogen-bond donors (Lipinski definition) is 1. The Labute approximate surface area is 187 Å². The number of aliphatic imine (C=N–C) groups is 1. The van der Waals surface area contributed by atoms with Crippen molar-refractivity contribution in [3.63, 3.8) is 0 Å². The van der Waals surface area contributed by atoms with Gasteiger partial charge in [0.2, 0.25) is 0 Å². The van der Waals surface area contributed by atoms with Crippen LogP contribution in [0, 0.1) is 11.6 Å². The molecule has 162 valence electrons. The van der Waals surface area contributed by atoms with Gasteiger partial charge < -0.3 is 10.6 Å². The van der Waals surface area contributed by atoms with Crippen molar-refractivity contribution in [1.82, 2.24) is 19.6 Å². The molecule has 1 atom stereocenters. The molecular weight excluding hydrogens is 436 g/mol. The maximum atomic E-state index is 14.4. The normalized spacial score (nSPS) is 16.8. The Morgan fingerprint density at radius 3 is 2.91 bits per heavy atom. The van der Waals surface area contributed by atoms with Gasteiger partial charge >= 0.3 is 0 Å². The van der Waals surface area contributed by atoms with Gasteiger partial charge in [0.25, 0.3) is 0 Å². The van der Waals surface area contributed by atoms with Crippen molar-refractivity contribution in [1.29, 1.82) is 0 Å². The van der Waals surface area contributed by atoms with E-state index in [0.717, 1.165) is 18.6 Å². The zero-order valence-electron chi connectivity index (χ0n) is 16.8. The van der Waals surface area contributed by atoms with E-state index in [4.69, 9.17) is 22.3 Å². The number of pyridine rings is 1. The lowest BCUT2D eigenvalue weighted by Gasteiger charge is -2.26. The molecule has 2 N–H and O–H groups in total. The van der Waals surface area contributed by atoms with Gasteiger partial charge in [0.15, 0.2) is 5.65 Å². The first-order chi connectivity index (χ1) is 15.5. The second-order valence-corrected chi connectivity index (χ2v) is 7.89. The molecule has 3 aromatic heterocycles. The third-order valence-corrected chi connectivity index (χ3v) is 5.66. The van der Waals surface area contributed by atoms with Crippen molar-refractivity contribution in [2.45, 2.75) is 18.9 Å². The Kier molecular flexibility index (Phi) is 5.18. The highest BCUT2D eigenvalue weighted by molar-refractivity contribution is 6.30. The summed E-state index contributed by atoms with van der Waals surface area (Å²) in [5.74, 6) is -0.0921. The molecule has 1 aromatic carbocycles. The molecule has 1 aliphatic rings. The van der Waals surface area contributed by atoms with Gasteiger partial charge in [-0.2, -0.15) is 5.10 Å². The van der Waals surface area contributed by atoms with Crippen LogP contribution in [-0.4, -0.2) is 32.0 Å². The van der Waals surface area contributed by atoms with Gasteiger partial charge in [-0.05, 0) is 49.2 Å². The molecule has 0 bridgehead atoms. The number of anilines is 1. The number of nitrogens with zero attached hydrogens (tertiary/aromatic N) is 6. The third kappa shape index (κ3) is 3.75. The lowest BCUT2D eigenvalue weighted by molar-refractivity contribution is 0.560. The molecule has 5 rings (SSSR count). The van der Waals surface area contributed by atoms with Crippen molar-refractivity contribution >= 4 is 34.6 Å². The minimum atomic E-state index is -0.464. The molecule has 1 fully saturated rings. The summed E-state index contributed by atoms with van der Waals surface area (Å²) < 4.78 is 29.8. The van der Waals surface area contributed by atoms with Gasteiger partial charge in [-0.3, -0.25) is 4.98 Å². The molecule has 0 aliphatic carbocycles. The highest BCUT2D eigenvalue weighted by Gasteiger charge is 2.30. The molecule has 10 heteroatoms. The van der Waals surface area contributed by atoms with Crippen LogP contribution >= 0.6 is 11.6 Å². The van der Waals surface area contributed by atoms with E-state index in [2.05, 4.69) is 15.1 Å². The maximum Gasteiger partial charge on any atom is 0.183 e. The monoisotopic (exact) mass is 453 g/mol. The minimum Gasteiger partial charge on any atom is -0.382 e. The van der Waals surface area contributed by atoms with Crippen molar-refractivity contribution in [2.24, 2.45) is 10.7 Å². The van der Waals surface area contributed by atoms with Crippen LogP contribution < -0.4 is 10.6 Å². The van der Waals surface area contributed by atoms with Crippen LogP contribution in [0.2, 0.25) is 5.02 Å². The maximum absolute atomic E-state index is 14.4. The molecule has 7 nitrogen and oxygen atoms in total. The van der Waals surface area contributed by atoms with Crippen LogP contribution in [0.5, 0.6) is 0 Å². The molecule has 4 aromatic rings. The number of nitrogens with two attached hydrogens (primary N) is 1. The van der Waals surface area contributed by atoms with Crippen LogP contribution in [0.1, 0.15) is 30.1 Å². The number of aromatic nitrogens is 4. The van der Waals surface area contributed by atoms with E-state index >= 15 is 0 Å². The summed E-state index contributed by atoms with van der Waals surface area (Å²) >= 11 is 6.01. The summed E-state index contributed by atoms with van der Waals surface area (Å²) in [5, 5.41) is 4.77. The molecule has 0 radical (unpaired) electrons. The first kappa shape index (κ1) is 20.3. The topological polar surface area (TPSA) is 84.7 Å². The third-order valence-electron chi connectivity index (χ3n) is 5.43. The van der Waals surface area contributed by atoms with Crippen LogP contribution in [0.3, 0.4) is 0 Å². The van der Waals surface area contributed by atoms with Crippen molar-refractivity contribution in [2.75, 3.05) is 11.4 Å². The Bertz CT molecular complexity index is 1340. The Balaban J connectivity index is 1.52. The summed E-state index contributed by atoms with van der Waals surface area (Å²) in [6.07, 6.45) is 6.39. The Morgan fingerprint density at radius 2 is 2.06 bits per heavy atom. The highest BCUT2D eigenvalue weighted by Crippen LogP contribution is 2.37. The average molecular weight is 454 g/mol. The average Bonchev–Trinajstić information content (AvgIpc) is 3.42. The summed E-state index contributed by atoms with van der Waals surface area (Å²) in [5.41, 5.74) is 7.82. The summed E-state index contributed by atoms with van der Waals surface area (Å²) in [6.45, 7) is 0.672. The number of amidine groups is 1. The van der Waals surface area contributed by atoms with Crippen LogP contribution in [-0.2, 0) is 0 Å². The first-order valence-electron chi connectivity index (χ1n) is 10.0. The van der Waals surface area contributed by atoms with E-state index < -0.39 is 11.6 Å². The Morgan fingerprint density at radius 1 is 1.19 bits per heavy atom. The lowest BCUT2D eigenvalue weighted by Crippen LogP contribution is -2.24. The van der Waals surface area contributed by atoms with Gasteiger partial charge in [-0.15, -0.1) is 0 Å². The number of hydrogen-bond acceptors (Lipinski definition) is 5. The van der Waals surface area contributed by atoms with Gasteiger partial charge in [-0.1, -0.05) is 11.6 Å². The Hall–Kier alpha value is -3.59. The standard InChI is InChI=1S/C22H18ClF2N7/c23-13-5-7-27-17(10-13)21(26)29-18-12-28-32-9-6-20(30-22(18)32)31-8-1-2-19(31)15-11-14(24)3-4-16(15)25/h3-7,9-12,19H,1-2,8H2,(H2,26,29)/t19-/m1/s1. The van der Waals surface area contributed by atoms with Gasteiger partial charge in [-0.25, -0.2) is 23.3 Å². The zero-order valence-corrected chi connectivity index (χ0v) is 17.5. The SMILES string of the molecule is NC(=Nc1cnn2ccc(N3CCC[C@@H]3c3cc(F)ccc3F)nc12)c1cc(Cl)ccn1. The number of halogens is 3. The van der Waals surface area contributed by atoms with Crippen molar-refractivity contribution in [3.05, 3.63) is 82.9 Å². The molecule has 1 aliphatic heterocycles. The number of fused-ring (bicyclic) bond motifs is 1. The van der Waals surface area contributed by atoms with E-state index in [1.54, 1.807) is 41.3 Å². The van der Waals surface area contributed by atoms with Gasteiger partial charge in [0, 0.05) is 29.5 Å². The molecule has 0 saturated carbocycles. The number of benzene rings is 1. The molecule has 1 saturated heterocycles. The predicted molar refractivity (Wildman–Crippen MR) is 118 cm³/mol. The molecule has 32 heavy (non-hydrogen) atoms. The fourth-order valence-corrected chi connectivity index (χ4v) is 4.11. The predicted octanol–water partition coefficient (Wildman–Crippen LogP) is 4.43. The minimum absolute atomic E-state index is 0.176. The second kappa shape index (κ2) is 8.16. The van der Waals surface area contributed by atoms with Gasteiger partial charge in [0.1, 0.15) is 34.7 Å². The second-order valence-electron chi connectivity index (χ2n) is 7.46. The fourth-order valence-electron chi connectivity index (χ4n) is 3.95. The molecular formula is C22H18ClF2N7. The van der Waals surface area contributed by atoms with Gasteiger partial charge in [0.05, 0.1) is 12.2 Å². The van der Waals surface area contributed by atoms with Crippen LogP contribution in [0.15, 0.2) is 60.0 Å². The van der Waals surface area contributed by atoms with E-state index in [9.17, 15) is 8.78 Å². The lowest BCUT2D eigenvalue weighted by atomic mass is 10.0. The number of rotatable bonds is 4. The fraction of sp³-hybridized carbons (Fsp3) is 0.182. The van der Waals surface area contributed by atoms with Crippen LogP contribution in [0.4, 0.5) is 20.3 Å². The quantitative estimate of drug-likeness (QED) is 0.365. The summed E-state index contributed by atoms with van der Waals surface area (Å²) in [4.78, 5) is 15.3.